The van der Waals surface area contributed by atoms with E-state index < -0.39 is 5.54 Å². The molecule has 0 aromatic carbocycles. The van der Waals surface area contributed by atoms with Crippen molar-refractivity contribution in [2.24, 2.45) is 12.8 Å². The second kappa shape index (κ2) is 4.66. The fraction of sp³-hybridized carbons (Fsp3) is 0.700. The van der Waals surface area contributed by atoms with E-state index in [2.05, 4.69) is 10.2 Å². The minimum Gasteiger partial charge on any atom is -0.468 e. The van der Waals surface area contributed by atoms with E-state index in [-0.39, 0.29) is 5.97 Å². The lowest BCUT2D eigenvalue weighted by atomic mass is 10.00. The molecule has 7 heteroatoms. The minimum absolute atomic E-state index is 0.294. The van der Waals surface area contributed by atoms with Gasteiger partial charge in [-0.3, -0.25) is 4.79 Å². The lowest BCUT2D eigenvalue weighted by molar-refractivity contribution is -0.146. The molecule has 1 heterocycles. The SMILES string of the molecule is COC(=O)C1(N)CCC(Sc2nncn2C)C1. The molecule has 1 fully saturated rings. The number of hydrogen-bond acceptors (Lipinski definition) is 6. The Kier molecular flexibility index (Phi) is 3.39. The summed E-state index contributed by atoms with van der Waals surface area (Å²) in [6.07, 6.45) is 3.84. The van der Waals surface area contributed by atoms with E-state index in [9.17, 15) is 4.79 Å². The first-order chi connectivity index (χ1) is 8.05. The second-order valence-electron chi connectivity index (χ2n) is 4.35. The van der Waals surface area contributed by atoms with E-state index in [1.807, 2.05) is 11.6 Å². The van der Waals surface area contributed by atoms with Gasteiger partial charge >= 0.3 is 5.97 Å². The molecule has 0 amide bonds. The summed E-state index contributed by atoms with van der Waals surface area (Å²) in [4.78, 5) is 11.6. The average molecular weight is 256 g/mol. The molecule has 0 saturated heterocycles. The number of aromatic nitrogens is 3. The van der Waals surface area contributed by atoms with Crippen molar-refractivity contribution >= 4 is 17.7 Å². The van der Waals surface area contributed by atoms with E-state index >= 15 is 0 Å². The zero-order valence-electron chi connectivity index (χ0n) is 9.92. The van der Waals surface area contributed by atoms with Crippen molar-refractivity contribution in [3.63, 3.8) is 0 Å². The van der Waals surface area contributed by atoms with Gasteiger partial charge in [0.15, 0.2) is 5.16 Å². The van der Waals surface area contributed by atoms with Crippen LogP contribution in [0.4, 0.5) is 0 Å². The summed E-state index contributed by atoms with van der Waals surface area (Å²) in [5.74, 6) is -0.321. The number of thioether (sulfide) groups is 1. The molecule has 17 heavy (non-hydrogen) atoms. The standard InChI is InChI=1S/C10H16N4O2S/c1-14-6-12-13-9(14)17-7-3-4-10(11,5-7)8(15)16-2/h6-7H,3-5,11H2,1-2H3. The third-order valence-electron chi connectivity index (χ3n) is 3.04. The van der Waals surface area contributed by atoms with E-state index in [1.165, 1.54) is 7.11 Å². The largest absolute Gasteiger partial charge is 0.468 e. The zero-order valence-corrected chi connectivity index (χ0v) is 10.7. The smallest absolute Gasteiger partial charge is 0.325 e. The van der Waals surface area contributed by atoms with Crippen molar-refractivity contribution in [2.45, 2.75) is 35.2 Å². The molecule has 2 rings (SSSR count). The Morgan fingerprint density at radius 2 is 2.53 bits per heavy atom. The van der Waals surface area contributed by atoms with Crippen molar-refractivity contribution in [3.05, 3.63) is 6.33 Å². The number of nitrogens with two attached hydrogens (primary N) is 1. The van der Waals surface area contributed by atoms with Gasteiger partial charge in [-0.2, -0.15) is 0 Å². The van der Waals surface area contributed by atoms with Gasteiger partial charge in [-0.1, -0.05) is 11.8 Å². The molecular weight excluding hydrogens is 240 g/mol. The van der Waals surface area contributed by atoms with Gasteiger partial charge in [0.1, 0.15) is 11.9 Å². The number of methoxy groups -OCH3 is 1. The number of nitrogens with zero attached hydrogens (tertiary/aromatic N) is 3. The second-order valence-corrected chi connectivity index (χ2v) is 5.62. The normalized spacial score (nSPS) is 28.3. The van der Waals surface area contributed by atoms with Crippen LogP contribution in [0.1, 0.15) is 19.3 Å². The number of carbonyl (C=O) groups excluding carboxylic acids is 1. The number of ether oxygens (including phenoxy) is 1. The summed E-state index contributed by atoms with van der Waals surface area (Å²) in [6.45, 7) is 0. The van der Waals surface area contributed by atoms with E-state index in [4.69, 9.17) is 10.5 Å². The van der Waals surface area contributed by atoms with Gasteiger partial charge in [0.05, 0.1) is 7.11 Å². The fourth-order valence-corrected chi connectivity index (χ4v) is 3.27. The van der Waals surface area contributed by atoms with Crippen molar-refractivity contribution in [1.82, 2.24) is 14.8 Å². The van der Waals surface area contributed by atoms with Gasteiger partial charge in [-0.25, -0.2) is 0 Å². The number of carbonyl (C=O) groups is 1. The van der Waals surface area contributed by atoms with Crippen LogP contribution in [0.15, 0.2) is 11.5 Å². The molecule has 0 bridgehead atoms. The van der Waals surface area contributed by atoms with Crippen LogP contribution in [0.2, 0.25) is 0 Å². The van der Waals surface area contributed by atoms with Crippen LogP contribution < -0.4 is 5.73 Å². The van der Waals surface area contributed by atoms with Gasteiger partial charge in [0.2, 0.25) is 0 Å². The Hall–Kier alpha value is -1.08. The first-order valence-electron chi connectivity index (χ1n) is 5.43. The van der Waals surface area contributed by atoms with Gasteiger partial charge in [-0.15, -0.1) is 10.2 Å². The highest BCUT2D eigenvalue weighted by atomic mass is 32.2. The molecule has 0 aliphatic heterocycles. The van der Waals surface area contributed by atoms with Gasteiger partial charge < -0.3 is 15.0 Å². The molecule has 2 atom stereocenters. The highest BCUT2D eigenvalue weighted by molar-refractivity contribution is 7.99. The Labute approximate surface area is 104 Å². The minimum atomic E-state index is -0.828. The molecule has 2 unspecified atom stereocenters. The van der Waals surface area contributed by atoms with Crippen molar-refractivity contribution in [2.75, 3.05) is 7.11 Å². The van der Waals surface area contributed by atoms with Crippen LogP contribution in [0.5, 0.6) is 0 Å². The molecule has 1 aromatic heterocycles. The Morgan fingerprint density at radius 3 is 3.12 bits per heavy atom. The molecule has 0 radical (unpaired) electrons. The maximum absolute atomic E-state index is 11.6. The molecule has 0 spiro atoms. The van der Waals surface area contributed by atoms with Crippen molar-refractivity contribution in [1.29, 1.82) is 0 Å². The highest BCUT2D eigenvalue weighted by Gasteiger charge is 2.43. The number of esters is 1. The van der Waals surface area contributed by atoms with Crippen LogP contribution >= 0.6 is 11.8 Å². The van der Waals surface area contributed by atoms with E-state index in [0.717, 1.165) is 11.6 Å². The highest BCUT2D eigenvalue weighted by Crippen LogP contribution is 2.38. The molecule has 1 aromatic rings. The Balaban J connectivity index is 1.99. The molecule has 6 nitrogen and oxygen atoms in total. The predicted octanol–water partition coefficient (Wildman–Crippen LogP) is 0.330. The lowest BCUT2D eigenvalue weighted by Gasteiger charge is -2.20. The summed E-state index contributed by atoms with van der Waals surface area (Å²) < 4.78 is 6.60. The summed E-state index contributed by atoms with van der Waals surface area (Å²) in [5, 5.41) is 8.98. The molecular formula is C10H16N4O2S. The van der Waals surface area contributed by atoms with E-state index in [0.29, 0.717) is 18.1 Å². The maximum Gasteiger partial charge on any atom is 0.325 e. The summed E-state index contributed by atoms with van der Waals surface area (Å²) >= 11 is 1.62. The first-order valence-corrected chi connectivity index (χ1v) is 6.31. The van der Waals surface area contributed by atoms with Gasteiger partial charge in [0.25, 0.3) is 0 Å². The van der Waals surface area contributed by atoms with Crippen molar-refractivity contribution in [3.8, 4) is 0 Å². The van der Waals surface area contributed by atoms with Gasteiger partial charge in [-0.05, 0) is 19.3 Å². The molecule has 94 valence electrons. The molecule has 1 aliphatic carbocycles. The van der Waals surface area contributed by atoms with Crippen LogP contribution in [0, 0.1) is 0 Å². The number of rotatable bonds is 3. The third kappa shape index (κ3) is 2.44. The summed E-state index contributed by atoms with van der Waals surface area (Å²) in [7, 11) is 3.27. The third-order valence-corrected chi connectivity index (χ3v) is 4.35. The summed E-state index contributed by atoms with van der Waals surface area (Å²) in [5.41, 5.74) is 5.21. The average Bonchev–Trinajstić information content (AvgIpc) is 2.87. The quantitative estimate of drug-likeness (QED) is 0.785. The van der Waals surface area contributed by atoms with E-state index in [1.54, 1.807) is 18.1 Å². The Morgan fingerprint density at radius 1 is 1.76 bits per heavy atom. The van der Waals surface area contributed by atoms with Gasteiger partial charge in [0, 0.05) is 12.3 Å². The number of aryl methyl sites for hydroxylation is 1. The molecule has 1 aliphatic rings. The first kappa shape index (κ1) is 12.4. The molecule has 1 saturated carbocycles. The van der Waals surface area contributed by atoms with Crippen LogP contribution in [-0.2, 0) is 16.6 Å². The monoisotopic (exact) mass is 256 g/mol. The topological polar surface area (TPSA) is 83.0 Å². The molecule has 2 N–H and O–H groups in total. The predicted molar refractivity (Wildman–Crippen MR) is 63.4 cm³/mol. The maximum atomic E-state index is 11.6. The fourth-order valence-electron chi connectivity index (χ4n) is 2.05. The zero-order chi connectivity index (χ0) is 12.5. The van der Waals surface area contributed by atoms with Crippen molar-refractivity contribution < 1.29 is 9.53 Å². The van der Waals surface area contributed by atoms with Crippen LogP contribution in [-0.4, -0.2) is 38.6 Å². The van der Waals surface area contributed by atoms with Crippen LogP contribution in [0.25, 0.3) is 0 Å². The summed E-state index contributed by atoms with van der Waals surface area (Å²) in [6, 6.07) is 0. The lowest BCUT2D eigenvalue weighted by Crippen LogP contribution is -2.46. The Bertz CT molecular complexity index is 422. The number of hydrogen-bond donors (Lipinski definition) is 1. The van der Waals surface area contributed by atoms with Crippen LogP contribution in [0.3, 0.4) is 0 Å².